The lowest BCUT2D eigenvalue weighted by molar-refractivity contribution is -0.417. The van der Waals surface area contributed by atoms with Gasteiger partial charge in [-0.2, -0.15) is 11.6 Å². The van der Waals surface area contributed by atoms with Gasteiger partial charge in [-0.1, -0.05) is 17.7 Å². The van der Waals surface area contributed by atoms with E-state index in [-0.39, 0.29) is 0 Å². The molecule has 0 spiro atoms. The molecule has 0 aliphatic rings. The van der Waals surface area contributed by atoms with E-state index in [0.717, 1.165) is 0 Å². The maximum absolute atomic E-state index is 9.94. The summed E-state index contributed by atoms with van der Waals surface area (Å²) in [7, 11) is 0. The minimum absolute atomic E-state index is 0.363. The fourth-order valence-corrected chi connectivity index (χ4v) is 1.20. The molecule has 1 aromatic carbocycles. The fraction of sp³-hybridized carbons (Fsp3) is 0. The Bertz CT molecular complexity index is 363. The second kappa shape index (κ2) is 4.25. The van der Waals surface area contributed by atoms with Crippen molar-refractivity contribution < 1.29 is 4.92 Å². The molecule has 0 amide bonds. The van der Waals surface area contributed by atoms with E-state index in [9.17, 15) is 10.1 Å². The lowest BCUT2D eigenvalue weighted by Gasteiger charge is -2.04. The number of nitro groups is 1. The number of benzene rings is 1. The minimum atomic E-state index is -0.676. The summed E-state index contributed by atoms with van der Waals surface area (Å²) < 4.78 is 0. The maximum Gasteiger partial charge on any atom is 0.121 e. The monoisotopic (exact) mass is 216 g/mol. The standard InChI is InChI=1S/C8H4Cl2NO2/c9-7-2-1-6(8(10)5-7)3-4-11(12)13/h1-3,5H/q-1. The molecule has 0 heterocycles. The molecular formula is C8H4Cl2NO2-. The van der Waals surface area contributed by atoms with E-state index in [1.54, 1.807) is 12.1 Å². The summed E-state index contributed by atoms with van der Waals surface area (Å²) in [6.45, 7) is 0. The summed E-state index contributed by atoms with van der Waals surface area (Å²) in [6, 6.07) is 4.69. The molecule has 0 saturated heterocycles. The second-order valence-electron chi connectivity index (χ2n) is 2.20. The zero-order chi connectivity index (χ0) is 9.84. The molecule has 0 N–H and O–H groups in total. The van der Waals surface area contributed by atoms with Gasteiger partial charge < -0.3 is 0 Å². The van der Waals surface area contributed by atoms with Crippen LogP contribution in [0.3, 0.4) is 0 Å². The molecule has 0 atom stereocenters. The fourth-order valence-electron chi connectivity index (χ4n) is 0.741. The topological polar surface area (TPSA) is 43.1 Å². The van der Waals surface area contributed by atoms with E-state index >= 15 is 0 Å². The van der Waals surface area contributed by atoms with Crippen LogP contribution in [0.1, 0.15) is 5.56 Å². The highest BCUT2D eigenvalue weighted by atomic mass is 35.5. The predicted octanol–water partition coefficient (Wildman–Crippen LogP) is 3.04. The molecule has 0 radical (unpaired) electrons. The van der Waals surface area contributed by atoms with Crippen molar-refractivity contribution in [2.45, 2.75) is 0 Å². The van der Waals surface area contributed by atoms with Crippen molar-refractivity contribution in [1.29, 1.82) is 0 Å². The largest absolute Gasteiger partial charge is 0.278 e. The van der Waals surface area contributed by atoms with Crippen molar-refractivity contribution >= 4 is 29.3 Å². The Hall–Kier alpha value is -1.06. The van der Waals surface area contributed by atoms with Crippen LogP contribution in [-0.2, 0) is 0 Å². The van der Waals surface area contributed by atoms with Crippen LogP contribution in [-0.4, -0.2) is 4.92 Å². The smallest absolute Gasteiger partial charge is 0.121 e. The number of rotatable bonds is 2. The van der Waals surface area contributed by atoms with Gasteiger partial charge in [0, 0.05) is 5.02 Å². The third-order valence-electron chi connectivity index (χ3n) is 1.29. The van der Waals surface area contributed by atoms with Crippen LogP contribution in [0.5, 0.6) is 0 Å². The first-order valence-corrected chi connectivity index (χ1v) is 4.04. The summed E-state index contributed by atoms with van der Waals surface area (Å²) in [6.07, 6.45) is 3.08. The Balaban J connectivity index is 2.96. The van der Waals surface area contributed by atoms with Gasteiger partial charge in [0.15, 0.2) is 0 Å². The molecule has 68 valence electrons. The number of hydrogen-bond donors (Lipinski definition) is 0. The van der Waals surface area contributed by atoms with Gasteiger partial charge in [0.2, 0.25) is 0 Å². The van der Waals surface area contributed by atoms with Gasteiger partial charge in [0.1, 0.15) is 6.20 Å². The van der Waals surface area contributed by atoms with Crippen LogP contribution in [0, 0.1) is 16.3 Å². The summed E-state index contributed by atoms with van der Waals surface area (Å²) in [5.74, 6) is 0. The van der Waals surface area contributed by atoms with E-state index in [1.807, 2.05) is 6.20 Å². The zero-order valence-corrected chi connectivity index (χ0v) is 7.84. The van der Waals surface area contributed by atoms with Gasteiger partial charge in [-0.15, -0.1) is 17.7 Å². The van der Waals surface area contributed by atoms with Crippen molar-refractivity contribution in [1.82, 2.24) is 0 Å². The maximum atomic E-state index is 9.94. The Kier molecular flexibility index (Phi) is 3.28. The Morgan fingerprint density at radius 3 is 2.69 bits per heavy atom. The first-order chi connectivity index (χ1) is 6.09. The van der Waals surface area contributed by atoms with Gasteiger partial charge in [-0.3, -0.25) is 10.1 Å². The van der Waals surface area contributed by atoms with Crippen molar-refractivity contribution in [2.75, 3.05) is 0 Å². The zero-order valence-electron chi connectivity index (χ0n) is 6.33. The molecule has 0 aliphatic heterocycles. The van der Waals surface area contributed by atoms with Gasteiger partial charge in [-0.25, -0.2) is 0 Å². The first-order valence-electron chi connectivity index (χ1n) is 3.28. The van der Waals surface area contributed by atoms with Crippen LogP contribution < -0.4 is 0 Å². The van der Waals surface area contributed by atoms with Crippen LogP contribution in [0.25, 0.3) is 6.08 Å². The second-order valence-corrected chi connectivity index (χ2v) is 3.04. The Morgan fingerprint density at radius 1 is 1.46 bits per heavy atom. The van der Waals surface area contributed by atoms with Crippen molar-refractivity contribution in [3.05, 3.63) is 50.1 Å². The van der Waals surface area contributed by atoms with Crippen LogP contribution in [0.4, 0.5) is 0 Å². The summed E-state index contributed by atoms with van der Waals surface area (Å²) >= 11 is 11.4. The van der Waals surface area contributed by atoms with Gasteiger partial charge in [-0.05, 0) is 16.0 Å². The van der Waals surface area contributed by atoms with Crippen LogP contribution in [0.2, 0.25) is 10.0 Å². The highest BCUT2D eigenvalue weighted by Gasteiger charge is 1.90. The molecule has 0 bridgehead atoms. The molecule has 1 aromatic rings. The highest BCUT2D eigenvalue weighted by Crippen LogP contribution is 2.21. The molecule has 3 nitrogen and oxygen atoms in total. The van der Waals surface area contributed by atoms with Gasteiger partial charge in [0.05, 0.1) is 0 Å². The van der Waals surface area contributed by atoms with Crippen molar-refractivity contribution in [3.8, 4) is 0 Å². The van der Waals surface area contributed by atoms with E-state index < -0.39 is 4.92 Å². The molecule has 0 fully saturated rings. The molecule has 13 heavy (non-hydrogen) atoms. The SMILES string of the molecule is O=[N+]([O-])[C-]=Cc1ccc(Cl)cc1Cl. The quantitative estimate of drug-likeness (QED) is 0.330. The minimum Gasteiger partial charge on any atom is -0.278 e. The van der Waals surface area contributed by atoms with Gasteiger partial charge in [0.25, 0.3) is 0 Å². The molecule has 0 saturated carbocycles. The number of halogens is 2. The summed E-state index contributed by atoms with van der Waals surface area (Å²) in [5.41, 5.74) is 0.516. The third kappa shape index (κ3) is 3.05. The number of hydrogen-bond acceptors (Lipinski definition) is 2. The molecule has 0 aliphatic carbocycles. The van der Waals surface area contributed by atoms with Crippen molar-refractivity contribution in [3.63, 3.8) is 0 Å². The lowest BCUT2D eigenvalue weighted by atomic mass is 10.2. The summed E-state index contributed by atoms with van der Waals surface area (Å²) in [5, 5.41) is 10.8. The highest BCUT2D eigenvalue weighted by molar-refractivity contribution is 6.35. The first kappa shape index (κ1) is 10.0. The van der Waals surface area contributed by atoms with E-state index in [1.165, 1.54) is 12.1 Å². The predicted molar refractivity (Wildman–Crippen MR) is 51.2 cm³/mol. The molecular weight excluding hydrogens is 213 g/mol. The summed E-state index contributed by atoms with van der Waals surface area (Å²) in [4.78, 5) is 9.27. The van der Waals surface area contributed by atoms with Crippen LogP contribution in [0.15, 0.2) is 18.2 Å². The molecule has 5 heteroatoms. The Morgan fingerprint density at radius 2 is 2.15 bits per heavy atom. The average molecular weight is 217 g/mol. The van der Waals surface area contributed by atoms with Crippen molar-refractivity contribution in [2.24, 2.45) is 0 Å². The van der Waals surface area contributed by atoms with E-state index in [2.05, 4.69) is 0 Å². The van der Waals surface area contributed by atoms with E-state index in [0.29, 0.717) is 15.6 Å². The van der Waals surface area contributed by atoms with Crippen LogP contribution >= 0.6 is 23.2 Å². The average Bonchev–Trinajstić information content (AvgIpc) is 2.02. The molecule has 0 unspecified atom stereocenters. The van der Waals surface area contributed by atoms with Gasteiger partial charge >= 0.3 is 0 Å². The third-order valence-corrected chi connectivity index (χ3v) is 1.85. The lowest BCUT2D eigenvalue weighted by Crippen LogP contribution is -1.84. The molecule has 1 rings (SSSR count). The number of nitrogens with zero attached hydrogens (tertiary/aromatic N) is 1. The normalized spacial score (nSPS) is 10.6. The Labute approximate surface area is 84.7 Å². The molecule has 0 aromatic heterocycles. The van der Waals surface area contributed by atoms with E-state index in [4.69, 9.17) is 23.2 Å².